The summed E-state index contributed by atoms with van der Waals surface area (Å²) in [5.74, 6) is -1.10. The third-order valence-electron chi connectivity index (χ3n) is 6.08. The third-order valence-corrected chi connectivity index (χ3v) is 6.08. The molecular weight excluding hydrogens is 390 g/mol. The summed E-state index contributed by atoms with van der Waals surface area (Å²) >= 11 is 0. The second kappa shape index (κ2) is 9.82. The summed E-state index contributed by atoms with van der Waals surface area (Å²) < 4.78 is 0. The standard InChI is InChI=1S/C19H25N3O2.C2H2O4/c23-22(24)19-3-1-2-16(12-19)13-20-6-8-21(9-7-20)14-18-11-15-4-5-17(18)10-15;3-1(4)2(5)6/h1-5,12,15,17-18H,6-11,13-14H2;(H,3,4)(H,5,6). The van der Waals surface area contributed by atoms with Gasteiger partial charge in [-0.25, -0.2) is 9.59 Å². The Bertz CT molecular complexity index is 807. The number of hydrogen-bond donors (Lipinski definition) is 2. The largest absolute Gasteiger partial charge is 0.473 e. The normalized spacial score (nSPS) is 25.5. The molecule has 4 rings (SSSR count). The summed E-state index contributed by atoms with van der Waals surface area (Å²) in [6, 6.07) is 7.03. The predicted molar refractivity (Wildman–Crippen MR) is 109 cm³/mol. The van der Waals surface area contributed by atoms with Crippen LogP contribution in [0.1, 0.15) is 18.4 Å². The second-order valence-corrected chi connectivity index (χ2v) is 8.15. The Morgan fingerprint density at radius 2 is 1.70 bits per heavy atom. The number of nitro benzene ring substituents is 1. The van der Waals surface area contributed by atoms with E-state index in [0.717, 1.165) is 56.0 Å². The molecule has 3 unspecified atom stereocenters. The maximum atomic E-state index is 10.9. The van der Waals surface area contributed by atoms with E-state index in [1.165, 1.54) is 19.4 Å². The maximum absolute atomic E-state index is 10.9. The summed E-state index contributed by atoms with van der Waals surface area (Å²) in [5.41, 5.74) is 1.23. The molecule has 0 radical (unpaired) electrons. The number of nitro groups is 1. The Balaban J connectivity index is 0.000000377. The van der Waals surface area contributed by atoms with Gasteiger partial charge in [0.2, 0.25) is 0 Å². The van der Waals surface area contributed by atoms with Crippen molar-refractivity contribution in [2.24, 2.45) is 17.8 Å². The molecule has 1 aliphatic heterocycles. The van der Waals surface area contributed by atoms with Crippen molar-refractivity contribution in [1.82, 2.24) is 9.80 Å². The van der Waals surface area contributed by atoms with E-state index < -0.39 is 11.9 Å². The molecule has 3 atom stereocenters. The molecule has 1 saturated carbocycles. The molecule has 0 spiro atoms. The lowest BCUT2D eigenvalue weighted by Crippen LogP contribution is -2.47. The van der Waals surface area contributed by atoms with Crippen LogP contribution in [0.15, 0.2) is 36.4 Å². The number of carboxylic acids is 2. The zero-order chi connectivity index (χ0) is 21.7. The van der Waals surface area contributed by atoms with E-state index in [-0.39, 0.29) is 10.6 Å². The van der Waals surface area contributed by atoms with E-state index >= 15 is 0 Å². The Kier molecular flexibility index (Phi) is 7.17. The quantitative estimate of drug-likeness (QED) is 0.323. The van der Waals surface area contributed by atoms with Crippen molar-refractivity contribution < 1.29 is 24.7 Å². The number of carbonyl (C=O) groups is 2. The zero-order valence-corrected chi connectivity index (χ0v) is 16.7. The van der Waals surface area contributed by atoms with Crippen LogP contribution < -0.4 is 0 Å². The lowest BCUT2D eigenvalue weighted by Gasteiger charge is -2.37. The first-order valence-corrected chi connectivity index (χ1v) is 10.1. The molecule has 2 bridgehead atoms. The number of fused-ring (bicyclic) bond motifs is 2. The van der Waals surface area contributed by atoms with E-state index in [4.69, 9.17) is 19.8 Å². The third kappa shape index (κ3) is 5.87. The van der Waals surface area contributed by atoms with E-state index in [1.54, 1.807) is 18.2 Å². The first-order chi connectivity index (χ1) is 14.3. The molecule has 2 N–H and O–H groups in total. The zero-order valence-electron chi connectivity index (χ0n) is 16.7. The minimum Gasteiger partial charge on any atom is -0.473 e. The van der Waals surface area contributed by atoms with Crippen LogP contribution in [0.25, 0.3) is 0 Å². The molecule has 1 aromatic carbocycles. The van der Waals surface area contributed by atoms with E-state index in [1.807, 2.05) is 6.07 Å². The average Bonchev–Trinajstić information content (AvgIpc) is 3.33. The van der Waals surface area contributed by atoms with Crippen LogP contribution in [-0.2, 0) is 16.1 Å². The molecule has 162 valence electrons. The summed E-state index contributed by atoms with van der Waals surface area (Å²) in [5, 5.41) is 25.7. The van der Waals surface area contributed by atoms with Gasteiger partial charge in [-0.3, -0.25) is 15.0 Å². The second-order valence-electron chi connectivity index (χ2n) is 8.15. The molecule has 1 saturated heterocycles. The van der Waals surface area contributed by atoms with E-state index in [9.17, 15) is 10.1 Å². The molecule has 9 heteroatoms. The number of hydrogen-bond acceptors (Lipinski definition) is 6. The van der Waals surface area contributed by atoms with E-state index in [0.29, 0.717) is 0 Å². The topological polar surface area (TPSA) is 124 Å². The Labute approximate surface area is 174 Å². The predicted octanol–water partition coefficient (Wildman–Crippen LogP) is 2.08. The van der Waals surface area contributed by atoms with Crippen LogP contribution in [0.3, 0.4) is 0 Å². The molecule has 2 aliphatic carbocycles. The van der Waals surface area contributed by atoms with Crippen LogP contribution in [0.4, 0.5) is 5.69 Å². The van der Waals surface area contributed by atoms with Crippen molar-refractivity contribution in [2.75, 3.05) is 32.7 Å². The van der Waals surface area contributed by atoms with Gasteiger partial charge in [-0.2, -0.15) is 0 Å². The number of aliphatic carboxylic acids is 2. The minimum atomic E-state index is -1.82. The van der Waals surface area contributed by atoms with Crippen LogP contribution in [0.2, 0.25) is 0 Å². The molecule has 2 fully saturated rings. The number of piperazine rings is 1. The Morgan fingerprint density at radius 1 is 1.03 bits per heavy atom. The highest BCUT2D eigenvalue weighted by Crippen LogP contribution is 2.43. The van der Waals surface area contributed by atoms with Gasteiger partial charge in [-0.1, -0.05) is 24.3 Å². The van der Waals surface area contributed by atoms with Crippen LogP contribution >= 0.6 is 0 Å². The molecule has 9 nitrogen and oxygen atoms in total. The number of non-ortho nitro benzene ring substituents is 1. The van der Waals surface area contributed by atoms with Crippen LogP contribution in [0.5, 0.6) is 0 Å². The molecular formula is C21H27N3O6. The van der Waals surface area contributed by atoms with Gasteiger partial charge in [-0.05, 0) is 36.2 Å². The van der Waals surface area contributed by atoms with Crippen molar-refractivity contribution in [2.45, 2.75) is 19.4 Å². The SMILES string of the molecule is O=C(O)C(=O)O.O=[N+]([O-])c1cccc(CN2CCN(CC3CC4C=CC3C4)CC2)c1. The first kappa shape index (κ1) is 21.9. The van der Waals surface area contributed by atoms with Gasteiger partial charge >= 0.3 is 11.9 Å². The van der Waals surface area contributed by atoms with Gasteiger partial charge < -0.3 is 15.1 Å². The lowest BCUT2D eigenvalue weighted by molar-refractivity contribution is -0.384. The molecule has 1 aromatic rings. The number of rotatable bonds is 5. The van der Waals surface area contributed by atoms with Gasteiger partial charge in [0, 0.05) is 51.4 Å². The molecule has 1 heterocycles. The smallest absolute Gasteiger partial charge is 0.414 e. The summed E-state index contributed by atoms with van der Waals surface area (Å²) in [6.45, 7) is 6.40. The summed E-state index contributed by atoms with van der Waals surface area (Å²) in [6.07, 6.45) is 7.63. The fourth-order valence-corrected chi connectivity index (χ4v) is 4.59. The van der Waals surface area contributed by atoms with Crippen molar-refractivity contribution in [3.63, 3.8) is 0 Å². The maximum Gasteiger partial charge on any atom is 0.414 e. The van der Waals surface area contributed by atoms with Crippen molar-refractivity contribution in [3.05, 3.63) is 52.1 Å². The average molecular weight is 417 g/mol. The summed E-state index contributed by atoms with van der Waals surface area (Å²) in [7, 11) is 0. The first-order valence-electron chi connectivity index (χ1n) is 10.1. The fourth-order valence-electron chi connectivity index (χ4n) is 4.59. The van der Waals surface area contributed by atoms with Gasteiger partial charge in [0.05, 0.1) is 4.92 Å². The Morgan fingerprint density at radius 3 is 2.23 bits per heavy atom. The number of nitrogens with zero attached hydrogens (tertiary/aromatic N) is 3. The van der Waals surface area contributed by atoms with Gasteiger partial charge in [0.1, 0.15) is 0 Å². The molecule has 0 aromatic heterocycles. The van der Waals surface area contributed by atoms with E-state index in [2.05, 4.69) is 22.0 Å². The van der Waals surface area contributed by atoms with Crippen molar-refractivity contribution >= 4 is 17.6 Å². The van der Waals surface area contributed by atoms with Gasteiger partial charge in [0.15, 0.2) is 0 Å². The molecule has 30 heavy (non-hydrogen) atoms. The minimum absolute atomic E-state index is 0.190. The fraction of sp³-hybridized carbons (Fsp3) is 0.524. The summed E-state index contributed by atoms with van der Waals surface area (Å²) in [4.78, 5) is 33.8. The highest BCUT2D eigenvalue weighted by atomic mass is 16.6. The van der Waals surface area contributed by atoms with Gasteiger partial charge in [-0.15, -0.1) is 0 Å². The Hall–Kier alpha value is -2.78. The lowest BCUT2D eigenvalue weighted by atomic mass is 9.93. The molecule has 0 amide bonds. The van der Waals surface area contributed by atoms with Crippen molar-refractivity contribution in [3.8, 4) is 0 Å². The van der Waals surface area contributed by atoms with Crippen LogP contribution in [0, 0.1) is 27.9 Å². The van der Waals surface area contributed by atoms with Crippen LogP contribution in [-0.4, -0.2) is 69.6 Å². The highest BCUT2D eigenvalue weighted by Gasteiger charge is 2.36. The van der Waals surface area contributed by atoms with Gasteiger partial charge in [0.25, 0.3) is 5.69 Å². The molecule has 3 aliphatic rings. The number of carboxylic acid groups (broad SMARTS) is 2. The number of benzene rings is 1. The number of allylic oxidation sites excluding steroid dienone is 2. The van der Waals surface area contributed by atoms with Crippen molar-refractivity contribution in [1.29, 1.82) is 0 Å². The monoisotopic (exact) mass is 417 g/mol. The highest BCUT2D eigenvalue weighted by molar-refractivity contribution is 6.27.